The lowest BCUT2D eigenvalue weighted by Crippen LogP contribution is -2.31. The van der Waals surface area contributed by atoms with Crippen LogP contribution in [0.15, 0.2) is 25.3 Å². The molecule has 0 aromatic rings. The van der Waals surface area contributed by atoms with Gasteiger partial charge in [-0.2, -0.15) is 0 Å². The third kappa shape index (κ3) is 7.33. The fourth-order valence-corrected chi connectivity index (χ4v) is 3.55. The van der Waals surface area contributed by atoms with Crippen molar-refractivity contribution in [2.75, 3.05) is 13.2 Å². The summed E-state index contributed by atoms with van der Waals surface area (Å²) < 4.78 is 10.4. The zero-order valence-electron chi connectivity index (χ0n) is 15.1. The van der Waals surface area contributed by atoms with Gasteiger partial charge in [0.15, 0.2) is 0 Å². The molecule has 0 atom stereocenters. The van der Waals surface area contributed by atoms with Crippen molar-refractivity contribution < 1.29 is 19.1 Å². The molecule has 24 heavy (non-hydrogen) atoms. The Morgan fingerprint density at radius 3 is 1.96 bits per heavy atom. The van der Waals surface area contributed by atoms with Crippen molar-refractivity contribution in [1.29, 1.82) is 0 Å². The standard InChI is InChI=1S/C20H32O4/c1-4-7-8-17-9-11-20(12-10-17,13-15-23-18(21)5-2)14-16-24-19(22)6-3/h5-6,17H,2-4,7-16H2,1H3. The van der Waals surface area contributed by atoms with Crippen molar-refractivity contribution in [3.05, 3.63) is 25.3 Å². The molecular formula is C20H32O4. The second-order valence-corrected chi connectivity index (χ2v) is 6.83. The molecule has 0 unspecified atom stereocenters. The third-order valence-corrected chi connectivity index (χ3v) is 5.22. The van der Waals surface area contributed by atoms with Crippen molar-refractivity contribution in [2.24, 2.45) is 11.3 Å². The van der Waals surface area contributed by atoms with Gasteiger partial charge in [-0.05, 0) is 49.9 Å². The molecule has 0 heterocycles. The molecular weight excluding hydrogens is 304 g/mol. The monoisotopic (exact) mass is 336 g/mol. The van der Waals surface area contributed by atoms with Crippen LogP contribution in [0.2, 0.25) is 0 Å². The van der Waals surface area contributed by atoms with Crippen LogP contribution >= 0.6 is 0 Å². The number of carbonyl (C=O) groups excluding carboxylic acids is 2. The van der Waals surface area contributed by atoms with E-state index in [2.05, 4.69) is 20.1 Å². The van der Waals surface area contributed by atoms with Crippen LogP contribution in [0, 0.1) is 11.3 Å². The van der Waals surface area contributed by atoms with Crippen molar-refractivity contribution in [3.8, 4) is 0 Å². The molecule has 0 aromatic carbocycles. The molecule has 0 aromatic heterocycles. The van der Waals surface area contributed by atoms with E-state index in [1.165, 1.54) is 44.3 Å². The van der Waals surface area contributed by atoms with E-state index in [-0.39, 0.29) is 17.4 Å². The Morgan fingerprint density at radius 1 is 1.04 bits per heavy atom. The van der Waals surface area contributed by atoms with Crippen LogP contribution in [0.5, 0.6) is 0 Å². The van der Waals surface area contributed by atoms with Gasteiger partial charge in [0.05, 0.1) is 13.2 Å². The summed E-state index contributed by atoms with van der Waals surface area (Å²) >= 11 is 0. The van der Waals surface area contributed by atoms with E-state index in [1.807, 2.05) is 0 Å². The Labute approximate surface area is 146 Å². The van der Waals surface area contributed by atoms with E-state index >= 15 is 0 Å². The third-order valence-electron chi connectivity index (χ3n) is 5.22. The number of ether oxygens (including phenoxy) is 2. The Bertz CT molecular complexity index is 391. The number of unbranched alkanes of at least 4 members (excludes halogenated alkanes) is 1. The molecule has 1 saturated carbocycles. The largest absolute Gasteiger partial charge is 0.463 e. The maximum Gasteiger partial charge on any atom is 0.330 e. The lowest BCUT2D eigenvalue weighted by Gasteiger charge is -2.40. The highest BCUT2D eigenvalue weighted by Crippen LogP contribution is 2.45. The number of hydrogen-bond donors (Lipinski definition) is 0. The molecule has 0 N–H and O–H groups in total. The molecule has 0 aliphatic heterocycles. The lowest BCUT2D eigenvalue weighted by atomic mass is 9.66. The second-order valence-electron chi connectivity index (χ2n) is 6.83. The van der Waals surface area contributed by atoms with Gasteiger partial charge < -0.3 is 9.47 Å². The van der Waals surface area contributed by atoms with Gasteiger partial charge in [0.2, 0.25) is 0 Å². The van der Waals surface area contributed by atoms with Gasteiger partial charge in [-0.3, -0.25) is 0 Å². The van der Waals surface area contributed by atoms with Crippen LogP contribution in [0.3, 0.4) is 0 Å². The Morgan fingerprint density at radius 2 is 1.54 bits per heavy atom. The quantitative estimate of drug-likeness (QED) is 0.409. The van der Waals surface area contributed by atoms with E-state index in [4.69, 9.17) is 9.47 Å². The number of carbonyl (C=O) groups is 2. The summed E-state index contributed by atoms with van der Waals surface area (Å²) in [5, 5.41) is 0. The Balaban J connectivity index is 2.52. The summed E-state index contributed by atoms with van der Waals surface area (Å²) in [4.78, 5) is 22.5. The fourth-order valence-electron chi connectivity index (χ4n) is 3.55. The molecule has 1 aliphatic rings. The number of esters is 2. The summed E-state index contributed by atoms with van der Waals surface area (Å²) in [6, 6.07) is 0. The SMILES string of the molecule is C=CC(=O)OCCC1(CCOC(=O)C=C)CCC(CCCC)CC1. The first-order valence-corrected chi connectivity index (χ1v) is 9.13. The molecule has 0 spiro atoms. The van der Waals surface area contributed by atoms with Crippen LogP contribution in [0.25, 0.3) is 0 Å². The predicted octanol–water partition coefficient (Wildman–Crippen LogP) is 4.59. The molecule has 4 nitrogen and oxygen atoms in total. The topological polar surface area (TPSA) is 52.6 Å². The second kappa shape index (κ2) is 11.1. The highest BCUT2D eigenvalue weighted by molar-refractivity contribution is 5.81. The summed E-state index contributed by atoms with van der Waals surface area (Å²) in [5.41, 5.74) is 0.103. The van der Waals surface area contributed by atoms with Gasteiger partial charge in [0.25, 0.3) is 0 Å². The van der Waals surface area contributed by atoms with E-state index in [9.17, 15) is 9.59 Å². The zero-order valence-corrected chi connectivity index (χ0v) is 15.1. The lowest BCUT2D eigenvalue weighted by molar-refractivity contribution is -0.139. The van der Waals surface area contributed by atoms with Crippen LogP contribution in [-0.2, 0) is 19.1 Å². The summed E-state index contributed by atoms with van der Waals surface area (Å²) in [5.74, 6) is 0.0595. The van der Waals surface area contributed by atoms with Crippen LogP contribution < -0.4 is 0 Å². The van der Waals surface area contributed by atoms with Crippen molar-refractivity contribution in [3.63, 3.8) is 0 Å². The smallest absolute Gasteiger partial charge is 0.330 e. The normalized spacial score (nSPS) is 17.0. The first-order valence-electron chi connectivity index (χ1n) is 9.13. The van der Waals surface area contributed by atoms with Crippen LogP contribution in [0.1, 0.15) is 64.7 Å². The van der Waals surface area contributed by atoms with Crippen LogP contribution in [0.4, 0.5) is 0 Å². The van der Waals surface area contributed by atoms with Gasteiger partial charge in [-0.25, -0.2) is 9.59 Å². The van der Waals surface area contributed by atoms with Gasteiger partial charge in [-0.15, -0.1) is 0 Å². The molecule has 1 fully saturated rings. The van der Waals surface area contributed by atoms with Crippen LogP contribution in [-0.4, -0.2) is 25.2 Å². The molecule has 4 heteroatoms. The molecule has 0 saturated heterocycles. The summed E-state index contributed by atoms with van der Waals surface area (Å²) in [6.07, 6.45) is 12.5. The fraction of sp³-hybridized carbons (Fsp3) is 0.700. The van der Waals surface area contributed by atoms with E-state index in [0.717, 1.165) is 31.6 Å². The molecule has 0 radical (unpaired) electrons. The Hall–Kier alpha value is -1.58. The molecule has 0 amide bonds. The van der Waals surface area contributed by atoms with Gasteiger partial charge >= 0.3 is 11.9 Å². The van der Waals surface area contributed by atoms with Crippen molar-refractivity contribution in [1.82, 2.24) is 0 Å². The molecule has 136 valence electrons. The summed E-state index contributed by atoms with van der Waals surface area (Å²) in [7, 11) is 0. The first kappa shape index (κ1) is 20.5. The molecule has 0 bridgehead atoms. The van der Waals surface area contributed by atoms with E-state index in [0.29, 0.717) is 13.2 Å². The van der Waals surface area contributed by atoms with E-state index in [1.54, 1.807) is 0 Å². The van der Waals surface area contributed by atoms with Gasteiger partial charge in [0, 0.05) is 12.2 Å². The van der Waals surface area contributed by atoms with Gasteiger partial charge in [-0.1, -0.05) is 39.3 Å². The number of rotatable bonds is 11. The molecule has 1 rings (SSSR count). The Kier molecular flexibility index (Phi) is 9.43. The van der Waals surface area contributed by atoms with E-state index < -0.39 is 0 Å². The highest BCUT2D eigenvalue weighted by atomic mass is 16.5. The minimum absolute atomic E-state index is 0.103. The van der Waals surface area contributed by atoms with Crippen molar-refractivity contribution in [2.45, 2.75) is 64.7 Å². The minimum Gasteiger partial charge on any atom is -0.463 e. The molecule has 1 aliphatic carbocycles. The van der Waals surface area contributed by atoms with Crippen molar-refractivity contribution >= 4 is 11.9 Å². The average molecular weight is 336 g/mol. The maximum absolute atomic E-state index is 11.2. The predicted molar refractivity (Wildman–Crippen MR) is 95.5 cm³/mol. The summed E-state index contributed by atoms with van der Waals surface area (Å²) in [6.45, 7) is 9.87. The first-order chi connectivity index (χ1) is 11.5. The average Bonchev–Trinajstić information content (AvgIpc) is 2.61. The maximum atomic E-state index is 11.2. The number of hydrogen-bond acceptors (Lipinski definition) is 4. The zero-order chi connectivity index (χ0) is 17.8. The van der Waals surface area contributed by atoms with Gasteiger partial charge in [0.1, 0.15) is 0 Å². The highest BCUT2D eigenvalue weighted by Gasteiger charge is 2.35. The minimum atomic E-state index is -0.375.